The zero-order valence-corrected chi connectivity index (χ0v) is 13.3. The van der Waals surface area contributed by atoms with Gasteiger partial charge < -0.3 is 15.6 Å². The highest BCUT2D eigenvalue weighted by atomic mass is 16.5. The van der Waals surface area contributed by atoms with E-state index in [1.54, 1.807) is 6.92 Å². The summed E-state index contributed by atoms with van der Waals surface area (Å²) in [4.78, 5) is 0. The van der Waals surface area contributed by atoms with Crippen molar-refractivity contribution in [3.63, 3.8) is 0 Å². The second kappa shape index (κ2) is 7.65. The highest BCUT2D eigenvalue weighted by molar-refractivity contribution is 5.37. The molecule has 0 saturated heterocycles. The van der Waals surface area contributed by atoms with Gasteiger partial charge in [-0.15, -0.1) is 0 Å². The summed E-state index contributed by atoms with van der Waals surface area (Å²) < 4.78 is 5.86. The van der Waals surface area contributed by atoms with Gasteiger partial charge in [0.15, 0.2) is 0 Å². The second-order valence-electron chi connectivity index (χ2n) is 6.19. The van der Waals surface area contributed by atoms with Gasteiger partial charge in [0.2, 0.25) is 0 Å². The number of unbranched alkanes of at least 4 members (excludes halogenated alkanes) is 1. The Morgan fingerprint density at radius 3 is 2.60 bits per heavy atom. The molecular formula is C17H29NO2. The Morgan fingerprint density at radius 2 is 2.00 bits per heavy atom. The molecule has 1 aromatic rings. The highest BCUT2D eigenvalue weighted by Crippen LogP contribution is 2.24. The SMILES string of the molecule is Cc1ccc(C(C)C)cc1OCCCCC(C)(O)CN. The summed E-state index contributed by atoms with van der Waals surface area (Å²) in [5.74, 6) is 1.49. The number of nitrogens with two attached hydrogens (primary N) is 1. The summed E-state index contributed by atoms with van der Waals surface area (Å²) in [6.07, 6.45) is 2.58. The van der Waals surface area contributed by atoms with Gasteiger partial charge in [0.25, 0.3) is 0 Å². The molecule has 3 heteroatoms. The van der Waals surface area contributed by atoms with Gasteiger partial charge in [-0.25, -0.2) is 0 Å². The molecule has 1 rings (SSSR count). The van der Waals surface area contributed by atoms with Crippen LogP contribution in [0.5, 0.6) is 5.75 Å². The molecule has 0 fully saturated rings. The Hall–Kier alpha value is -1.06. The summed E-state index contributed by atoms with van der Waals surface area (Å²) in [7, 11) is 0. The first-order valence-electron chi connectivity index (χ1n) is 7.51. The van der Waals surface area contributed by atoms with E-state index < -0.39 is 5.60 Å². The van der Waals surface area contributed by atoms with Crippen LogP contribution in [0, 0.1) is 6.92 Å². The van der Waals surface area contributed by atoms with Crippen LogP contribution < -0.4 is 10.5 Å². The fraction of sp³-hybridized carbons (Fsp3) is 0.647. The molecule has 0 aliphatic heterocycles. The van der Waals surface area contributed by atoms with Crippen molar-refractivity contribution in [2.75, 3.05) is 13.2 Å². The fourth-order valence-electron chi connectivity index (χ4n) is 2.02. The molecule has 0 radical (unpaired) electrons. The van der Waals surface area contributed by atoms with E-state index in [9.17, 15) is 5.11 Å². The highest BCUT2D eigenvalue weighted by Gasteiger charge is 2.16. The van der Waals surface area contributed by atoms with Crippen LogP contribution in [0.1, 0.15) is 57.1 Å². The van der Waals surface area contributed by atoms with E-state index in [0.717, 1.165) is 25.0 Å². The Bertz CT molecular complexity index is 413. The van der Waals surface area contributed by atoms with Crippen LogP contribution in [-0.4, -0.2) is 23.9 Å². The third kappa shape index (κ3) is 5.51. The van der Waals surface area contributed by atoms with Gasteiger partial charge in [0.05, 0.1) is 12.2 Å². The van der Waals surface area contributed by atoms with E-state index >= 15 is 0 Å². The van der Waals surface area contributed by atoms with Crippen molar-refractivity contribution in [1.82, 2.24) is 0 Å². The van der Waals surface area contributed by atoms with Gasteiger partial charge in [-0.3, -0.25) is 0 Å². The lowest BCUT2D eigenvalue weighted by atomic mass is 9.99. The maximum atomic E-state index is 9.82. The second-order valence-corrected chi connectivity index (χ2v) is 6.19. The molecule has 20 heavy (non-hydrogen) atoms. The monoisotopic (exact) mass is 279 g/mol. The van der Waals surface area contributed by atoms with Crippen molar-refractivity contribution < 1.29 is 9.84 Å². The molecule has 0 heterocycles. The number of hydrogen-bond acceptors (Lipinski definition) is 3. The number of aliphatic hydroxyl groups is 1. The molecule has 0 spiro atoms. The Labute approximate surface area is 123 Å². The van der Waals surface area contributed by atoms with Crippen LogP contribution in [0.4, 0.5) is 0 Å². The summed E-state index contributed by atoms with van der Waals surface area (Å²) in [6.45, 7) is 9.21. The summed E-state index contributed by atoms with van der Waals surface area (Å²) in [6, 6.07) is 6.41. The minimum atomic E-state index is -0.743. The maximum Gasteiger partial charge on any atom is 0.122 e. The van der Waals surface area contributed by atoms with Gasteiger partial charge in [0, 0.05) is 6.54 Å². The molecule has 0 amide bonds. The Balaban J connectivity index is 2.40. The average molecular weight is 279 g/mol. The Kier molecular flexibility index (Phi) is 6.50. The normalized spacial score (nSPS) is 14.3. The number of hydrogen-bond donors (Lipinski definition) is 2. The molecule has 1 atom stereocenters. The van der Waals surface area contributed by atoms with Gasteiger partial charge in [-0.05, 0) is 56.2 Å². The third-order valence-electron chi connectivity index (χ3n) is 3.69. The first kappa shape index (κ1) is 17.0. The molecule has 1 aromatic carbocycles. The van der Waals surface area contributed by atoms with Crippen molar-refractivity contribution in [1.29, 1.82) is 0 Å². The molecule has 1 unspecified atom stereocenters. The van der Waals surface area contributed by atoms with E-state index in [4.69, 9.17) is 10.5 Å². The van der Waals surface area contributed by atoms with E-state index in [0.29, 0.717) is 19.1 Å². The van der Waals surface area contributed by atoms with Crippen molar-refractivity contribution in [3.8, 4) is 5.75 Å². The zero-order valence-electron chi connectivity index (χ0n) is 13.3. The van der Waals surface area contributed by atoms with Gasteiger partial charge in [-0.2, -0.15) is 0 Å². The van der Waals surface area contributed by atoms with Crippen LogP contribution in [0.15, 0.2) is 18.2 Å². The van der Waals surface area contributed by atoms with E-state index in [2.05, 4.69) is 39.0 Å². The molecule has 3 nitrogen and oxygen atoms in total. The molecule has 0 bridgehead atoms. The zero-order chi connectivity index (χ0) is 15.2. The molecule has 0 aromatic heterocycles. The maximum absolute atomic E-state index is 9.82. The van der Waals surface area contributed by atoms with Crippen LogP contribution in [0.2, 0.25) is 0 Å². The summed E-state index contributed by atoms with van der Waals surface area (Å²) in [5, 5.41) is 9.82. The smallest absolute Gasteiger partial charge is 0.122 e. The lowest BCUT2D eigenvalue weighted by molar-refractivity contribution is 0.0562. The number of ether oxygens (including phenoxy) is 1. The van der Waals surface area contributed by atoms with Crippen molar-refractivity contribution >= 4 is 0 Å². The largest absolute Gasteiger partial charge is 0.493 e. The van der Waals surface area contributed by atoms with Crippen LogP contribution in [0.3, 0.4) is 0 Å². The van der Waals surface area contributed by atoms with Gasteiger partial charge in [-0.1, -0.05) is 26.0 Å². The summed E-state index contributed by atoms with van der Waals surface area (Å²) in [5.41, 5.74) is 7.23. The first-order chi connectivity index (χ1) is 9.35. The Morgan fingerprint density at radius 1 is 1.30 bits per heavy atom. The number of benzene rings is 1. The predicted molar refractivity (Wildman–Crippen MR) is 84.3 cm³/mol. The molecule has 0 saturated carbocycles. The van der Waals surface area contributed by atoms with Gasteiger partial charge in [0.1, 0.15) is 5.75 Å². The lowest BCUT2D eigenvalue weighted by Gasteiger charge is -2.20. The standard InChI is InChI=1S/C17H29NO2/c1-13(2)15-8-7-14(3)16(11-15)20-10-6-5-9-17(4,19)12-18/h7-8,11,13,19H,5-6,9-10,12,18H2,1-4H3. The molecule has 0 aliphatic rings. The predicted octanol–water partition coefficient (Wildman–Crippen LogP) is 3.38. The summed E-state index contributed by atoms with van der Waals surface area (Å²) >= 11 is 0. The lowest BCUT2D eigenvalue weighted by Crippen LogP contribution is -2.33. The van der Waals surface area contributed by atoms with Crippen molar-refractivity contribution in [2.24, 2.45) is 5.73 Å². The van der Waals surface area contributed by atoms with Crippen LogP contribution in [0.25, 0.3) is 0 Å². The average Bonchev–Trinajstić information content (AvgIpc) is 2.40. The number of aryl methyl sites for hydroxylation is 1. The molecule has 0 aliphatic carbocycles. The van der Waals surface area contributed by atoms with Crippen molar-refractivity contribution in [3.05, 3.63) is 29.3 Å². The first-order valence-corrected chi connectivity index (χ1v) is 7.51. The molecular weight excluding hydrogens is 250 g/mol. The minimum absolute atomic E-state index is 0.309. The van der Waals surface area contributed by atoms with Crippen LogP contribution in [-0.2, 0) is 0 Å². The molecule has 3 N–H and O–H groups in total. The topological polar surface area (TPSA) is 55.5 Å². The van der Waals surface area contributed by atoms with Crippen LogP contribution >= 0.6 is 0 Å². The van der Waals surface area contributed by atoms with E-state index in [1.165, 1.54) is 11.1 Å². The third-order valence-corrected chi connectivity index (χ3v) is 3.69. The minimum Gasteiger partial charge on any atom is -0.493 e. The fourth-order valence-corrected chi connectivity index (χ4v) is 2.02. The van der Waals surface area contributed by atoms with Gasteiger partial charge >= 0.3 is 0 Å². The quantitative estimate of drug-likeness (QED) is 0.717. The number of rotatable bonds is 8. The van der Waals surface area contributed by atoms with Crippen molar-refractivity contribution in [2.45, 2.75) is 58.5 Å². The van der Waals surface area contributed by atoms with E-state index in [-0.39, 0.29) is 0 Å². The van der Waals surface area contributed by atoms with E-state index in [1.807, 2.05) is 0 Å². The molecule has 114 valence electrons.